The summed E-state index contributed by atoms with van der Waals surface area (Å²) in [6, 6.07) is 14.9. The van der Waals surface area contributed by atoms with Gasteiger partial charge in [0.2, 0.25) is 0 Å². The quantitative estimate of drug-likeness (QED) is 0.841. The smallest absolute Gasteiger partial charge is 0.124 e. The first kappa shape index (κ1) is 13.5. The van der Waals surface area contributed by atoms with Gasteiger partial charge in [0.1, 0.15) is 5.75 Å². The normalized spacial score (nSPS) is 20.9. The van der Waals surface area contributed by atoms with Crippen molar-refractivity contribution in [3.05, 3.63) is 58.1 Å². The van der Waals surface area contributed by atoms with E-state index in [0.29, 0.717) is 5.92 Å². The molecule has 2 aromatic rings. The van der Waals surface area contributed by atoms with Crippen molar-refractivity contribution in [3.63, 3.8) is 0 Å². The number of benzene rings is 2. The molecule has 0 bridgehead atoms. The number of ether oxygens (including phenoxy) is 1. The molecule has 3 rings (SSSR count). The molecule has 0 saturated heterocycles. The number of halogens is 1. The van der Waals surface area contributed by atoms with E-state index < -0.39 is 0 Å². The van der Waals surface area contributed by atoms with Crippen LogP contribution in [0.2, 0.25) is 0 Å². The van der Waals surface area contributed by atoms with E-state index in [1.165, 1.54) is 11.1 Å². The Morgan fingerprint density at radius 2 is 2.00 bits per heavy atom. The number of para-hydroxylation sites is 1. The Morgan fingerprint density at radius 3 is 2.80 bits per heavy atom. The molecule has 104 valence electrons. The Bertz CT molecular complexity index is 626. The average molecular weight is 332 g/mol. The first-order chi connectivity index (χ1) is 9.65. The molecule has 2 nitrogen and oxygen atoms in total. The third-order valence-electron chi connectivity index (χ3n) is 3.76. The molecular weight excluding hydrogens is 314 g/mol. The number of aryl methyl sites for hydroxylation is 1. The molecule has 2 atom stereocenters. The highest BCUT2D eigenvalue weighted by molar-refractivity contribution is 9.10. The lowest BCUT2D eigenvalue weighted by molar-refractivity contribution is 0.214. The van der Waals surface area contributed by atoms with Crippen molar-refractivity contribution >= 4 is 21.6 Å². The van der Waals surface area contributed by atoms with Crippen LogP contribution in [0, 0.1) is 12.8 Å². The van der Waals surface area contributed by atoms with Gasteiger partial charge in [-0.05, 0) is 46.6 Å². The topological polar surface area (TPSA) is 21.3 Å². The molecule has 1 aliphatic rings. The lowest BCUT2D eigenvalue weighted by atomic mass is 9.92. The summed E-state index contributed by atoms with van der Waals surface area (Å²) >= 11 is 3.64. The molecule has 2 unspecified atom stereocenters. The molecule has 0 radical (unpaired) electrons. The van der Waals surface area contributed by atoms with Crippen molar-refractivity contribution in [2.24, 2.45) is 5.92 Å². The summed E-state index contributed by atoms with van der Waals surface area (Å²) in [7, 11) is 0. The number of anilines is 1. The highest BCUT2D eigenvalue weighted by Crippen LogP contribution is 2.38. The van der Waals surface area contributed by atoms with Gasteiger partial charge in [0.15, 0.2) is 0 Å². The minimum absolute atomic E-state index is 0.277. The minimum Gasteiger partial charge on any atom is -0.493 e. The van der Waals surface area contributed by atoms with E-state index in [1.807, 2.05) is 12.1 Å². The van der Waals surface area contributed by atoms with Crippen molar-refractivity contribution < 1.29 is 4.74 Å². The Balaban J connectivity index is 1.93. The predicted molar refractivity (Wildman–Crippen MR) is 86.3 cm³/mol. The summed E-state index contributed by atoms with van der Waals surface area (Å²) in [5, 5.41) is 3.66. The summed E-state index contributed by atoms with van der Waals surface area (Å²) in [6.07, 6.45) is 0. The number of hydrogen-bond acceptors (Lipinski definition) is 2. The summed E-state index contributed by atoms with van der Waals surface area (Å²) in [4.78, 5) is 0. The average Bonchev–Trinajstić information content (AvgIpc) is 2.44. The van der Waals surface area contributed by atoms with Crippen molar-refractivity contribution in [2.45, 2.75) is 19.9 Å². The Hall–Kier alpha value is -1.48. The van der Waals surface area contributed by atoms with Gasteiger partial charge in [-0.25, -0.2) is 0 Å². The lowest BCUT2D eigenvalue weighted by Gasteiger charge is -2.33. The molecule has 1 N–H and O–H groups in total. The number of nitrogens with one attached hydrogen (secondary N) is 1. The number of fused-ring (bicyclic) bond motifs is 1. The Morgan fingerprint density at radius 1 is 1.20 bits per heavy atom. The van der Waals surface area contributed by atoms with E-state index in [-0.39, 0.29) is 6.04 Å². The molecule has 0 spiro atoms. The van der Waals surface area contributed by atoms with E-state index in [4.69, 9.17) is 4.74 Å². The molecule has 0 aromatic heterocycles. The zero-order valence-electron chi connectivity index (χ0n) is 11.7. The van der Waals surface area contributed by atoms with Crippen molar-refractivity contribution in [3.8, 4) is 5.75 Å². The van der Waals surface area contributed by atoms with Crippen LogP contribution in [-0.2, 0) is 0 Å². The van der Waals surface area contributed by atoms with Gasteiger partial charge in [-0.3, -0.25) is 0 Å². The van der Waals surface area contributed by atoms with Crippen molar-refractivity contribution in [2.75, 3.05) is 11.9 Å². The zero-order chi connectivity index (χ0) is 14.1. The van der Waals surface area contributed by atoms with Gasteiger partial charge in [-0.1, -0.05) is 31.2 Å². The summed E-state index contributed by atoms with van der Waals surface area (Å²) in [5.74, 6) is 1.42. The van der Waals surface area contributed by atoms with Crippen LogP contribution in [0.1, 0.15) is 24.1 Å². The summed E-state index contributed by atoms with van der Waals surface area (Å²) in [5.41, 5.74) is 3.62. The van der Waals surface area contributed by atoms with E-state index in [1.54, 1.807) is 0 Å². The zero-order valence-corrected chi connectivity index (χ0v) is 13.3. The Labute approximate surface area is 128 Å². The van der Waals surface area contributed by atoms with Gasteiger partial charge in [-0.2, -0.15) is 0 Å². The van der Waals surface area contributed by atoms with Crippen LogP contribution in [0.25, 0.3) is 0 Å². The van der Waals surface area contributed by atoms with Crippen LogP contribution < -0.4 is 10.1 Å². The van der Waals surface area contributed by atoms with Crippen LogP contribution >= 0.6 is 15.9 Å². The fraction of sp³-hybridized carbons (Fsp3) is 0.294. The maximum absolute atomic E-state index is 5.80. The third kappa shape index (κ3) is 2.55. The van der Waals surface area contributed by atoms with E-state index in [2.05, 4.69) is 65.4 Å². The summed E-state index contributed by atoms with van der Waals surface area (Å²) < 4.78 is 6.91. The minimum atomic E-state index is 0.277. The van der Waals surface area contributed by atoms with Gasteiger partial charge < -0.3 is 10.1 Å². The van der Waals surface area contributed by atoms with Gasteiger partial charge in [0, 0.05) is 21.6 Å². The number of hydrogen-bond donors (Lipinski definition) is 1. The van der Waals surface area contributed by atoms with Crippen LogP contribution in [0.4, 0.5) is 5.69 Å². The molecule has 3 heteroatoms. The van der Waals surface area contributed by atoms with Gasteiger partial charge in [0.25, 0.3) is 0 Å². The van der Waals surface area contributed by atoms with Gasteiger partial charge in [0.05, 0.1) is 12.6 Å². The second-order valence-electron chi connectivity index (χ2n) is 5.43. The molecule has 1 aliphatic heterocycles. The van der Waals surface area contributed by atoms with Crippen molar-refractivity contribution in [1.29, 1.82) is 0 Å². The standard InChI is InChI=1S/C17H18BrNO/c1-11-7-8-15(14(18)9-11)19-17-12(2)10-20-16-6-4-3-5-13(16)17/h3-9,12,17,19H,10H2,1-2H3. The highest BCUT2D eigenvalue weighted by Gasteiger charge is 2.27. The van der Waals surface area contributed by atoms with Gasteiger partial charge >= 0.3 is 0 Å². The highest BCUT2D eigenvalue weighted by atomic mass is 79.9. The Kier molecular flexibility index (Phi) is 3.70. The second-order valence-corrected chi connectivity index (χ2v) is 6.29. The van der Waals surface area contributed by atoms with Crippen LogP contribution in [0.15, 0.2) is 46.9 Å². The maximum Gasteiger partial charge on any atom is 0.124 e. The fourth-order valence-electron chi connectivity index (χ4n) is 2.62. The predicted octanol–water partition coefficient (Wildman–Crippen LogP) is 4.94. The molecule has 0 saturated carbocycles. The van der Waals surface area contributed by atoms with Crippen molar-refractivity contribution in [1.82, 2.24) is 0 Å². The largest absolute Gasteiger partial charge is 0.493 e. The second kappa shape index (κ2) is 5.49. The van der Waals surface area contributed by atoms with E-state index >= 15 is 0 Å². The molecule has 2 aromatic carbocycles. The monoisotopic (exact) mass is 331 g/mol. The van der Waals surface area contributed by atoms with E-state index in [0.717, 1.165) is 22.5 Å². The lowest BCUT2D eigenvalue weighted by Crippen LogP contribution is -2.28. The number of rotatable bonds is 2. The third-order valence-corrected chi connectivity index (χ3v) is 4.42. The SMILES string of the molecule is Cc1ccc(NC2c3ccccc3OCC2C)c(Br)c1. The van der Waals surface area contributed by atoms with Crippen LogP contribution in [0.3, 0.4) is 0 Å². The summed E-state index contributed by atoms with van der Waals surface area (Å²) in [6.45, 7) is 5.06. The van der Waals surface area contributed by atoms with Gasteiger partial charge in [-0.15, -0.1) is 0 Å². The van der Waals surface area contributed by atoms with Crippen LogP contribution in [-0.4, -0.2) is 6.61 Å². The first-order valence-electron chi connectivity index (χ1n) is 6.89. The molecule has 0 aliphatic carbocycles. The molecule has 0 fully saturated rings. The fourth-order valence-corrected chi connectivity index (χ4v) is 3.23. The molecule has 0 amide bonds. The maximum atomic E-state index is 5.80. The molecular formula is C17H18BrNO. The van der Waals surface area contributed by atoms with E-state index in [9.17, 15) is 0 Å². The van der Waals surface area contributed by atoms with Crippen LogP contribution in [0.5, 0.6) is 5.75 Å². The molecule has 20 heavy (non-hydrogen) atoms. The molecule has 1 heterocycles. The first-order valence-corrected chi connectivity index (χ1v) is 7.69.